The van der Waals surface area contributed by atoms with Crippen LogP contribution in [0.3, 0.4) is 0 Å². The Morgan fingerprint density at radius 2 is 2.19 bits per heavy atom. The Hall–Kier alpha value is -3.23. The van der Waals surface area contributed by atoms with Crippen LogP contribution in [0.2, 0.25) is 0 Å². The van der Waals surface area contributed by atoms with Gasteiger partial charge in [-0.2, -0.15) is 4.68 Å². The van der Waals surface area contributed by atoms with Crippen molar-refractivity contribution in [2.75, 3.05) is 0 Å². The minimum Gasteiger partial charge on any atom is -0.478 e. The highest BCUT2D eigenvalue weighted by Gasteiger charge is 2.22. The number of aromatic nitrogens is 3. The van der Waals surface area contributed by atoms with E-state index in [9.17, 15) is 20.0 Å². The van der Waals surface area contributed by atoms with E-state index < -0.39 is 16.8 Å². The van der Waals surface area contributed by atoms with Gasteiger partial charge in [0.2, 0.25) is 6.33 Å². The molecule has 0 fully saturated rings. The van der Waals surface area contributed by atoms with E-state index in [1.807, 2.05) is 0 Å². The number of furan rings is 1. The molecule has 1 N–H and O–H groups in total. The normalized spacial score (nSPS) is 10.9. The number of hydrogen-bond donors (Lipinski definition) is 1. The lowest BCUT2D eigenvalue weighted by Gasteiger charge is -1.96. The van der Waals surface area contributed by atoms with Crippen LogP contribution in [-0.4, -0.2) is 30.8 Å². The van der Waals surface area contributed by atoms with E-state index in [1.54, 1.807) is 24.3 Å². The number of para-hydroxylation sites is 1. The molecule has 0 aliphatic rings. The van der Waals surface area contributed by atoms with E-state index in [0.29, 0.717) is 11.0 Å². The Bertz CT molecular complexity index is 850. The predicted octanol–water partition coefficient (Wildman–Crippen LogP) is 1.68. The van der Waals surface area contributed by atoms with Crippen molar-refractivity contribution in [1.82, 2.24) is 14.8 Å². The van der Waals surface area contributed by atoms with E-state index in [-0.39, 0.29) is 17.9 Å². The van der Waals surface area contributed by atoms with Gasteiger partial charge >= 0.3 is 11.9 Å². The number of benzene rings is 1. The fourth-order valence-corrected chi connectivity index (χ4v) is 2.03. The summed E-state index contributed by atoms with van der Waals surface area (Å²) in [6, 6.07) is 6.71. The first-order valence-corrected chi connectivity index (χ1v) is 5.84. The van der Waals surface area contributed by atoms with E-state index in [1.165, 1.54) is 0 Å². The monoisotopic (exact) mass is 288 g/mol. The van der Waals surface area contributed by atoms with Crippen LogP contribution in [0.4, 0.5) is 5.95 Å². The minimum absolute atomic E-state index is 0.0174. The van der Waals surface area contributed by atoms with Gasteiger partial charge in [-0.1, -0.05) is 23.2 Å². The van der Waals surface area contributed by atoms with E-state index >= 15 is 0 Å². The van der Waals surface area contributed by atoms with Crippen LogP contribution in [0.25, 0.3) is 11.0 Å². The van der Waals surface area contributed by atoms with Gasteiger partial charge in [0.1, 0.15) is 23.5 Å². The smallest absolute Gasteiger partial charge is 0.478 e. The molecule has 3 rings (SSSR count). The molecule has 0 bridgehead atoms. The molecule has 2 aromatic heterocycles. The number of nitro groups is 1. The zero-order chi connectivity index (χ0) is 15.0. The van der Waals surface area contributed by atoms with Gasteiger partial charge in [-0.05, 0) is 11.0 Å². The van der Waals surface area contributed by atoms with Crippen LogP contribution in [-0.2, 0) is 6.54 Å². The number of hydrogen-bond acceptors (Lipinski definition) is 6. The predicted molar refractivity (Wildman–Crippen MR) is 69.0 cm³/mol. The van der Waals surface area contributed by atoms with Gasteiger partial charge in [0.05, 0.1) is 0 Å². The van der Waals surface area contributed by atoms with E-state index in [0.717, 1.165) is 11.0 Å². The zero-order valence-corrected chi connectivity index (χ0v) is 10.5. The number of aromatic carboxylic acids is 1. The Balaban J connectivity index is 2.05. The van der Waals surface area contributed by atoms with E-state index in [2.05, 4.69) is 10.1 Å². The molecule has 0 aliphatic heterocycles. The highest BCUT2D eigenvalue weighted by Crippen LogP contribution is 2.26. The number of fused-ring (bicyclic) bond motifs is 1. The fraction of sp³-hybridized carbons (Fsp3) is 0.0833. The molecule has 0 spiro atoms. The molecule has 0 saturated heterocycles. The molecular formula is C12H8N4O5. The summed E-state index contributed by atoms with van der Waals surface area (Å²) in [4.78, 5) is 24.7. The van der Waals surface area contributed by atoms with Crippen molar-refractivity contribution < 1.29 is 19.2 Å². The summed E-state index contributed by atoms with van der Waals surface area (Å²) in [6.07, 6.45) is 1.15. The fourth-order valence-electron chi connectivity index (χ4n) is 2.03. The Kier molecular flexibility index (Phi) is 2.87. The SMILES string of the molecule is O=C(O)c1c(Cn2cnc([N+](=O)[O-])n2)oc2ccccc12. The van der Waals surface area contributed by atoms with Gasteiger partial charge in [-0.15, -0.1) is 0 Å². The Morgan fingerprint density at radius 1 is 1.43 bits per heavy atom. The van der Waals surface area contributed by atoms with E-state index in [4.69, 9.17) is 4.42 Å². The molecule has 0 radical (unpaired) electrons. The highest BCUT2D eigenvalue weighted by atomic mass is 16.6. The van der Waals surface area contributed by atoms with Crippen LogP contribution in [0.1, 0.15) is 16.1 Å². The van der Waals surface area contributed by atoms with Crippen molar-refractivity contribution >= 4 is 22.9 Å². The average molecular weight is 288 g/mol. The third-order valence-electron chi connectivity index (χ3n) is 2.88. The highest BCUT2D eigenvalue weighted by molar-refractivity contribution is 6.03. The molecular weight excluding hydrogens is 280 g/mol. The van der Waals surface area contributed by atoms with Crippen molar-refractivity contribution in [3.63, 3.8) is 0 Å². The van der Waals surface area contributed by atoms with Crippen LogP contribution < -0.4 is 0 Å². The van der Waals surface area contributed by atoms with Crippen molar-refractivity contribution in [2.24, 2.45) is 0 Å². The molecule has 9 heteroatoms. The van der Waals surface area contributed by atoms with Gasteiger partial charge in [0, 0.05) is 10.5 Å². The molecule has 0 atom stereocenters. The largest absolute Gasteiger partial charge is 0.490 e. The molecule has 0 amide bonds. The molecule has 3 aromatic rings. The second-order valence-electron chi connectivity index (χ2n) is 4.20. The number of rotatable bonds is 4. The second-order valence-corrected chi connectivity index (χ2v) is 4.20. The number of carboxylic acid groups (broad SMARTS) is 1. The van der Waals surface area contributed by atoms with Crippen molar-refractivity contribution in [1.29, 1.82) is 0 Å². The third-order valence-corrected chi connectivity index (χ3v) is 2.88. The Labute approximate surface area is 116 Å². The van der Waals surface area contributed by atoms with Gasteiger partial charge in [-0.3, -0.25) is 0 Å². The summed E-state index contributed by atoms with van der Waals surface area (Å²) in [7, 11) is 0. The summed E-state index contributed by atoms with van der Waals surface area (Å²) in [5.41, 5.74) is 0.447. The summed E-state index contributed by atoms with van der Waals surface area (Å²) in [5.74, 6) is -1.53. The van der Waals surface area contributed by atoms with Crippen LogP contribution in [0.15, 0.2) is 35.0 Å². The number of carboxylic acids is 1. The number of carbonyl (C=O) groups is 1. The van der Waals surface area contributed by atoms with Crippen molar-refractivity contribution in [2.45, 2.75) is 6.54 Å². The van der Waals surface area contributed by atoms with Crippen LogP contribution in [0, 0.1) is 10.1 Å². The molecule has 0 unspecified atom stereocenters. The lowest BCUT2D eigenvalue weighted by Crippen LogP contribution is -2.06. The first kappa shape index (κ1) is 12.8. The van der Waals surface area contributed by atoms with Crippen LogP contribution in [0.5, 0.6) is 0 Å². The average Bonchev–Trinajstić information content (AvgIpc) is 3.02. The molecule has 9 nitrogen and oxygen atoms in total. The molecule has 2 heterocycles. The standard InChI is InChI=1S/C12H8N4O5/c17-11(18)10-7-3-1-2-4-8(7)21-9(10)5-15-6-13-12(14-15)16(19)20/h1-4,6H,5H2,(H,17,18). The Morgan fingerprint density at radius 3 is 2.86 bits per heavy atom. The van der Waals surface area contributed by atoms with Gasteiger partial charge < -0.3 is 19.6 Å². The summed E-state index contributed by atoms with van der Waals surface area (Å²) in [5, 5.41) is 23.9. The van der Waals surface area contributed by atoms with Crippen LogP contribution >= 0.6 is 0 Å². The summed E-state index contributed by atoms with van der Waals surface area (Å²) in [6.45, 7) is -0.0584. The van der Waals surface area contributed by atoms with Gasteiger partial charge in [-0.25, -0.2) is 4.79 Å². The first-order chi connectivity index (χ1) is 10.1. The van der Waals surface area contributed by atoms with Crippen molar-refractivity contribution in [3.8, 4) is 0 Å². The first-order valence-electron chi connectivity index (χ1n) is 5.84. The maximum atomic E-state index is 11.4. The summed E-state index contributed by atoms with van der Waals surface area (Å²) >= 11 is 0. The molecule has 21 heavy (non-hydrogen) atoms. The second kappa shape index (κ2) is 4.71. The lowest BCUT2D eigenvalue weighted by atomic mass is 10.1. The minimum atomic E-state index is -1.13. The lowest BCUT2D eigenvalue weighted by molar-refractivity contribution is -0.394. The maximum Gasteiger partial charge on any atom is 0.490 e. The molecule has 1 aromatic carbocycles. The zero-order valence-electron chi connectivity index (χ0n) is 10.5. The number of nitrogens with zero attached hydrogens (tertiary/aromatic N) is 4. The quantitative estimate of drug-likeness (QED) is 0.571. The van der Waals surface area contributed by atoms with Gasteiger partial charge in [0.15, 0.2) is 0 Å². The maximum absolute atomic E-state index is 11.4. The molecule has 0 saturated carbocycles. The third kappa shape index (κ3) is 2.20. The molecule has 106 valence electrons. The van der Waals surface area contributed by atoms with Crippen molar-refractivity contribution in [3.05, 3.63) is 52.0 Å². The van der Waals surface area contributed by atoms with Gasteiger partial charge in [0.25, 0.3) is 0 Å². The molecule has 0 aliphatic carbocycles. The topological polar surface area (TPSA) is 124 Å². The summed E-state index contributed by atoms with van der Waals surface area (Å²) < 4.78 is 6.65.